The van der Waals surface area contributed by atoms with Crippen molar-refractivity contribution in [3.8, 4) is 0 Å². The van der Waals surface area contributed by atoms with Gasteiger partial charge in [0.25, 0.3) is 0 Å². The standard InChI is InChI=1S/C11H12INO/c1-9(12)14-10(2)13-8-11-6-4-3-5-7-11/h3-7,13H,1-2,8H2. The minimum Gasteiger partial charge on any atom is -0.436 e. The molecule has 0 amide bonds. The third kappa shape index (κ3) is 4.32. The van der Waals surface area contributed by atoms with Crippen LogP contribution < -0.4 is 5.32 Å². The minimum atomic E-state index is 0.522. The van der Waals surface area contributed by atoms with Gasteiger partial charge in [-0.15, -0.1) is 0 Å². The molecule has 74 valence electrons. The zero-order chi connectivity index (χ0) is 10.4. The first-order valence-corrected chi connectivity index (χ1v) is 5.25. The highest BCUT2D eigenvalue weighted by atomic mass is 127. The highest BCUT2D eigenvalue weighted by Gasteiger charge is 1.95. The summed E-state index contributed by atoms with van der Waals surface area (Å²) in [5.74, 6) is 0.522. The van der Waals surface area contributed by atoms with Crippen molar-refractivity contribution in [1.29, 1.82) is 0 Å². The maximum absolute atomic E-state index is 5.16. The Morgan fingerprint density at radius 2 is 1.93 bits per heavy atom. The van der Waals surface area contributed by atoms with Crippen LogP contribution in [0.2, 0.25) is 0 Å². The van der Waals surface area contributed by atoms with Crippen molar-refractivity contribution >= 4 is 22.6 Å². The summed E-state index contributed by atoms with van der Waals surface area (Å²) in [5.41, 5.74) is 1.19. The number of rotatable bonds is 5. The number of hydrogen-bond acceptors (Lipinski definition) is 2. The van der Waals surface area contributed by atoms with Gasteiger partial charge in [-0.05, 0) is 41.3 Å². The topological polar surface area (TPSA) is 21.3 Å². The third-order valence-corrected chi connectivity index (χ3v) is 1.79. The summed E-state index contributed by atoms with van der Waals surface area (Å²) in [6, 6.07) is 10.1. The minimum absolute atomic E-state index is 0.522. The van der Waals surface area contributed by atoms with Crippen LogP contribution in [0.3, 0.4) is 0 Å². The van der Waals surface area contributed by atoms with E-state index in [1.165, 1.54) is 5.56 Å². The largest absolute Gasteiger partial charge is 0.436 e. The first-order chi connectivity index (χ1) is 6.68. The molecule has 14 heavy (non-hydrogen) atoms. The maximum atomic E-state index is 5.16. The number of hydrogen-bond donors (Lipinski definition) is 1. The molecular weight excluding hydrogens is 289 g/mol. The smallest absolute Gasteiger partial charge is 0.187 e. The number of halogens is 1. The van der Waals surface area contributed by atoms with Gasteiger partial charge in [0.2, 0.25) is 0 Å². The lowest BCUT2D eigenvalue weighted by Gasteiger charge is -2.09. The average Bonchev–Trinajstić information content (AvgIpc) is 2.15. The fourth-order valence-corrected chi connectivity index (χ4v) is 1.23. The van der Waals surface area contributed by atoms with E-state index in [0.29, 0.717) is 16.2 Å². The first kappa shape index (κ1) is 11.1. The van der Waals surface area contributed by atoms with Crippen LogP contribution >= 0.6 is 22.6 Å². The highest BCUT2D eigenvalue weighted by molar-refractivity contribution is 14.1. The highest BCUT2D eigenvalue weighted by Crippen LogP contribution is 2.08. The van der Waals surface area contributed by atoms with E-state index in [4.69, 9.17) is 4.74 Å². The van der Waals surface area contributed by atoms with Gasteiger partial charge in [0.15, 0.2) is 9.65 Å². The quantitative estimate of drug-likeness (QED) is 0.666. The van der Waals surface area contributed by atoms with E-state index < -0.39 is 0 Å². The van der Waals surface area contributed by atoms with Crippen LogP contribution in [0.4, 0.5) is 0 Å². The lowest BCUT2D eigenvalue weighted by molar-refractivity contribution is 0.311. The van der Waals surface area contributed by atoms with Crippen LogP contribution in [0.15, 0.2) is 53.1 Å². The number of benzene rings is 1. The summed E-state index contributed by atoms with van der Waals surface area (Å²) in [6.07, 6.45) is 0. The summed E-state index contributed by atoms with van der Waals surface area (Å²) >= 11 is 1.99. The molecular formula is C11H12INO. The summed E-state index contributed by atoms with van der Waals surface area (Å²) in [6.45, 7) is 8.04. The predicted octanol–water partition coefficient (Wildman–Crippen LogP) is 3.17. The van der Waals surface area contributed by atoms with Crippen LogP contribution in [0, 0.1) is 0 Å². The third-order valence-electron chi connectivity index (χ3n) is 1.57. The molecule has 0 aromatic heterocycles. The molecule has 1 N–H and O–H groups in total. The Bertz CT molecular complexity index is 321. The number of nitrogens with one attached hydrogen (secondary N) is 1. The van der Waals surface area contributed by atoms with E-state index in [2.05, 4.69) is 18.5 Å². The van der Waals surface area contributed by atoms with E-state index in [1.54, 1.807) is 0 Å². The summed E-state index contributed by atoms with van der Waals surface area (Å²) in [7, 11) is 0. The normalized spacial score (nSPS) is 9.21. The fourth-order valence-electron chi connectivity index (χ4n) is 0.966. The molecule has 0 aliphatic rings. The van der Waals surface area contributed by atoms with Crippen molar-refractivity contribution in [3.63, 3.8) is 0 Å². The van der Waals surface area contributed by atoms with Gasteiger partial charge in [0.1, 0.15) is 0 Å². The van der Waals surface area contributed by atoms with Crippen molar-refractivity contribution in [1.82, 2.24) is 5.32 Å². The van der Waals surface area contributed by atoms with Crippen LogP contribution in [-0.4, -0.2) is 0 Å². The number of ether oxygens (including phenoxy) is 1. The molecule has 1 aromatic carbocycles. The van der Waals surface area contributed by atoms with Crippen molar-refractivity contribution in [2.45, 2.75) is 6.54 Å². The van der Waals surface area contributed by atoms with Crippen molar-refractivity contribution in [2.24, 2.45) is 0 Å². The molecule has 1 rings (SSSR count). The molecule has 0 saturated carbocycles. The molecule has 0 radical (unpaired) electrons. The van der Waals surface area contributed by atoms with Gasteiger partial charge < -0.3 is 10.1 Å². The molecule has 3 heteroatoms. The molecule has 0 unspecified atom stereocenters. The van der Waals surface area contributed by atoms with E-state index in [1.807, 2.05) is 52.9 Å². The lowest BCUT2D eigenvalue weighted by atomic mass is 10.2. The molecule has 0 atom stereocenters. The Hall–Kier alpha value is -0.970. The van der Waals surface area contributed by atoms with Crippen LogP contribution in [-0.2, 0) is 11.3 Å². The molecule has 0 spiro atoms. The Balaban J connectivity index is 2.34. The SMILES string of the molecule is C=C(I)OC(=C)NCc1ccccc1. The predicted molar refractivity (Wildman–Crippen MR) is 66.7 cm³/mol. The van der Waals surface area contributed by atoms with E-state index in [0.717, 1.165) is 0 Å². The second-order valence-electron chi connectivity index (χ2n) is 2.72. The van der Waals surface area contributed by atoms with Crippen molar-refractivity contribution in [3.05, 3.63) is 58.7 Å². The van der Waals surface area contributed by atoms with E-state index >= 15 is 0 Å². The van der Waals surface area contributed by atoms with Gasteiger partial charge in [-0.25, -0.2) is 0 Å². The lowest BCUT2D eigenvalue weighted by Crippen LogP contribution is -2.13. The molecule has 0 aliphatic heterocycles. The molecule has 1 aromatic rings. The van der Waals surface area contributed by atoms with Gasteiger partial charge >= 0.3 is 0 Å². The Morgan fingerprint density at radius 3 is 2.50 bits per heavy atom. The monoisotopic (exact) mass is 301 g/mol. The molecule has 0 aliphatic carbocycles. The Labute approximate surface area is 97.8 Å². The van der Waals surface area contributed by atoms with Gasteiger partial charge in [-0.3, -0.25) is 0 Å². The molecule has 0 saturated heterocycles. The Morgan fingerprint density at radius 1 is 1.29 bits per heavy atom. The summed E-state index contributed by atoms with van der Waals surface area (Å²) in [4.78, 5) is 0. The summed E-state index contributed by atoms with van der Waals surface area (Å²) < 4.78 is 5.76. The van der Waals surface area contributed by atoms with Crippen LogP contribution in [0.1, 0.15) is 5.56 Å². The molecule has 0 heterocycles. The summed E-state index contributed by atoms with van der Waals surface area (Å²) in [5, 5.41) is 3.05. The second-order valence-corrected chi connectivity index (χ2v) is 3.92. The van der Waals surface area contributed by atoms with Crippen molar-refractivity contribution < 1.29 is 4.74 Å². The molecule has 0 bridgehead atoms. The van der Waals surface area contributed by atoms with E-state index in [-0.39, 0.29) is 0 Å². The van der Waals surface area contributed by atoms with Gasteiger partial charge in [0.05, 0.1) is 0 Å². The fraction of sp³-hybridized carbons (Fsp3) is 0.0909. The zero-order valence-corrected chi connectivity index (χ0v) is 9.95. The average molecular weight is 301 g/mol. The van der Waals surface area contributed by atoms with Crippen molar-refractivity contribution in [2.75, 3.05) is 0 Å². The Kier molecular flexibility index (Phi) is 4.52. The van der Waals surface area contributed by atoms with E-state index in [9.17, 15) is 0 Å². The maximum Gasteiger partial charge on any atom is 0.187 e. The zero-order valence-electron chi connectivity index (χ0n) is 7.79. The van der Waals surface area contributed by atoms with Gasteiger partial charge in [-0.2, -0.15) is 0 Å². The van der Waals surface area contributed by atoms with Crippen LogP contribution in [0.25, 0.3) is 0 Å². The molecule has 2 nitrogen and oxygen atoms in total. The van der Waals surface area contributed by atoms with Gasteiger partial charge in [0, 0.05) is 6.54 Å². The first-order valence-electron chi connectivity index (χ1n) is 4.17. The molecule has 0 fully saturated rings. The second kappa shape index (κ2) is 5.70. The van der Waals surface area contributed by atoms with Crippen LogP contribution in [0.5, 0.6) is 0 Å². The van der Waals surface area contributed by atoms with Gasteiger partial charge in [-0.1, -0.05) is 30.3 Å².